The minimum Gasteiger partial charge on any atom is -0.507 e. The van der Waals surface area contributed by atoms with Crippen molar-refractivity contribution in [2.24, 2.45) is 0 Å². The molecule has 0 saturated carbocycles. The lowest BCUT2D eigenvalue weighted by Crippen LogP contribution is -2.32. The predicted molar refractivity (Wildman–Crippen MR) is 74.0 cm³/mol. The number of carbonyl (C=O) groups excluding carboxylic acids is 1. The lowest BCUT2D eigenvalue weighted by atomic mass is 10.2. The molecular weight excluding hydrogens is 297 g/mol. The van der Waals surface area contributed by atoms with Crippen molar-refractivity contribution >= 4 is 39.9 Å². The third-order valence-corrected chi connectivity index (χ3v) is 4.19. The molecule has 0 aliphatic carbocycles. The van der Waals surface area contributed by atoms with Gasteiger partial charge in [-0.15, -0.1) is 0 Å². The van der Waals surface area contributed by atoms with Crippen molar-refractivity contribution in [3.8, 4) is 5.75 Å². The highest BCUT2D eigenvalue weighted by atomic mass is 35.5. The molecule has 0 unspecified atom stereocenters. The van der Waals surface area contributed by atoms with Crippen LogP contribution < -0.4 is 5.32 Å². The first kappa shape index (κ1) is 15.3. The summed E-state index contributed by atoms with van der Waals surface area (Å²) in [6.45, 7) is 1.99. The molecule has 4 nitrogen and oxygen atoms in total. The predicted octanol–water partition coefficient (Wildman–Crippen LogP) is 2.20. The highest BCUT2D eigenvalue weighted by Gasteiger charge is 2.17. The average molecular weight is 310 g/mol. The van der Waals surface area contributed by atoms with E-state index in [1.165, 1.54) is 12.1 Å². The molecule has 1 aromatic carbocycles. The van der Waals surface area contributed by atoms with Crippen LogP contribution in [0.3, 0.4) is 0 Å². The summed E-state index contributed by atoms with van der Waals surface area (Å²) in [7, 11) is -1.03. The number of rotatable bonds is 4. The fourth-order valence-corrected chi connectivity index (χ4v) is 2.11. The van der Waals surface area contributed by atoms with Crippen LogP contribution in [0.1, 0.15) is 17.3 Å². The number of nitrogens with one attached hydrogen (secondary N) is 1. The van der Waals surface area contributed by atoms with Gasteiger partial charge in [-0.05, 0) is 19.1 Å². The Morgan fingerprint density at radius 3 is 2.61 bits per heavy atom. The SMILES string of the molecule is C[C@@H](CNC(=O)c1c(O)cc(Cl)cc1Cl)[S@@](C)=O. The van der Waals surface area contributed by atoms with E-state index in [1.54, 1.807) is 13.2 Å². The lowest BCUT2D eigenvalue weighted by molar-refractivity contribution is 0.0951. The van der Waals surface area contributed by atoms with Gasteiger partial charge in [0.2, 0.25) is 0 Å². The number of phenols is 1. The van der Waals surface area contributed by atoms with Gasteiger partial charge in [0.15, 0.2) is 0 Å². The molecule has 0 saturated heterocycles. The summed E-state index contributed by atoms with van der Waals surface area (Å²) in [5.74, 6) is -0.804. The lowest BCUT2D eigenvalue weighted by Gasteiger charge is -2.12. The summed E-state index contributed by atoms with van der Waals surface area (Å²) in [4.78, 5) is 11.8. The molecule has 0 radical (unpaired) electrons. The Labute approximate surface area is 118 Å². The van der Waals surface area contributed by atoms with Gasteiger partial charge in [0.25, 0.3) is 5.91 Å². The summed E-state index contributed by atoms with van der Waals surface area (Å²) in [6, 6.07) is 2.61. The second kappa shape index (κ2) is 6.41. The third kappa shape index (κ3) is 3.86. The molecule has 2 atom stereocenters. The maximum atomic E-state index is 11.8. The Morgan fingerprint density at radius 2 is 2.11 bits per heavy atom. The van der Waals surface area contributed by atoms with Crippen molar-refractivity contribution in [1.82, 2.24) is 5.32 Å². The number of amides is 1. The van der Waals surface area contributed by atoms with E-state index in [0.717, 1.165) is 0 Å². The van der Waals surface area contributed by atoms with Gasteiger partial charge in [-0.25, -0.2) is 0 Å². The van der Waals surface area contributed by atoms with Crippen LogP contribution in [0.4, 0.5) is 0 Å². The van der Waals surface area contributed by atoms with E-state index in [0.29, 0.717) is 0 Å². The molecule has 0 fully saturated rings. The highest BCUT2D eigenvalue weighted by Crippen LogP contribution is 2.29. The largest absolute Gasteiger partial charge is 0.507 e. The quantitative estimate of drug-likeness (QED) is 0.896. The van der Waals surface area contributed by atoms with Gasteiger partial charge in [-0.1, -0.05) is 23.2 Å². The Balaban J connectivity index is 2.82. The average Bonchev–Trinajstić information content (AvgIpc) is 2.24. The number of phenolic OH excluding ortho intramolecular Hbond substituents is 1. The molecule has 2 N–H and O–H groups in total. The van der Waals surface area contributed by atoms with Crippen LogP contribution in [0.2, 0.25) is 10.0 Å². The minimum absolute atomic E-state index is 0.0323. The first-order valence-electron chi connectivity index (χ1n) is 5.11. The first-order valence-corrected chi connectivity index (χ1v) is 7.49. The minimum atomic E-state index is -1.03. The van der Waals surface area contributed by atoms with E-state index in [1.807, 2.05) is 0 Å². The maximum absolute atomic E-state index is 11.8. The van der Waals surface area contributed by atoms with E-state index in [2.05, 4.69) is 5.32 Å². The molecule has 1 rings (SSSR count). The highest BCUT2D eigenvalue weighted by molar-refractivity contribution is 7.84. The van der Waals surface area contributed by atoms with Gasteiger partial charge < -0.3 is 10.4 Å². The summed E-state index contributed by atoms with van der Waals surface area (Å²) >= 11 is 11.5. The van der Waals surface area contributed by atoms with E-state index < -0.39 is 16.7 Å². The van der Waals surface area contributed by atoms with Gasteiger partial charge >= 0.3 is 0 Å². The van der Waals surface area contributed by atoms with Gasteiger partial charge in [0, 0.05) is 33.9 Å². The number of hydrogen-bond acceptors (Lipinski definition) is 3. The van der Waals surface area contributed by atoms with Gasteiger partial charge in [-0.3, -0.25) is 9.00 Å². The van der Waals surface area contributed by atoms with Crippen LogP contribution in [-0.2, 0) is 10.8 Å². The number of hydrogen-bond donors (Lipinski definition) is 2. The summed E-state index contributed by atoms with van der Waals surface area (Å²) in [5, 5.41) is 12.3. The molecule has 0 aromatic heterocycles. The molecule has 100 valence electrons. The van der Waals surface area contributed by atoms with Gasteiger partial charge in [0.05, 0.1) is 10.6 Å². The summed E-state index contributed by atoms with van der Waals surface area (Å²) < 4.78 is 11.1. The smallest absolute Gasteiger partial charge is 0.256 e. The molecule has 18 heavy (non-hydrogen) atoms. The Morgan fingerprint density at radius 1 is 1.50 bits per heavy atom. The molecule has 0 aliphatic heterocycles. The van der Waals surface area contributed by atoms with Gasteiger partial charge in [0.1, 0.15) is 5.75 Å². The van der Waals surface area contributed by atoms with Crippen molar-refractivity contribution in [2.45, 2.75) is 12.2 Å². The Bertz CT molecular complexity index is 470. The van der Waals surface area contributed by atoms with Gasteiger partial charge in [-0.2, -0.15) is 0 Å². The molecule has 1 aromatic rings. The van der Waals surface area contributed by atoms with E-state index in [-0.39, 0.29) is 33.2 Å². The van der Waals surface area contributed by atoms with Crippen LogP contribution in [0.25, 0.3) is 0 Å². The maximum Gasteiger partial charge on any atom is 0.256 e. The molecular formula is C11H13Cl2NO3S. The Hall–Kier alpha value is -0.780. The number of aromatic hydroxyl groups is 1. The monoisotopic (exact) mass is 309 g/mol. The zero-order valence-corrected chi connectivity index (χ0v) is 12.2. The molecule has 1 amide bonds. The summed E-state index contributed by atoms with van der Waals surface area (Å²) in [5.41, 5.74) is -0.0323. The van der Waals surface area contributed by atoms with Crippen molar-refractivity contribution < 1.29 is 14.1 Å². The standard InChI is InChI=1S/C11H13Cl2NO3S/c1-6(18(2)17)5-14-11(16)10-8(13)3-7(12)4-9(10)15/h3-4,6,15H,5H2,1-2H3,(H,14,16)/t6-,18+/m0/s1. The zero-order valence-electron chi connectivity index (χ0n) is 9.87. The van der Waals surface area contributed by atoms with E-state index in [4.69, 9.17) is 23.2 Å². The van der Waals surface area contributed by atoms with E-state index >= 15 is 0 Å². The molecule has 7 heteroatoms. The second-order valence-electron chi connectivity index (χ2n) is 3.80. The van der Waals surface area contributed by atoms with Crippen molar-refractivity contribution in [1.29, 1.82) is 0 Å². The number of halogens is 2. The first-order chi connectivity index (χ1) is 8.32. The number of benzene rings is 1. The molecule has 0 bridgehead atoms. The normalized spacial score (nSPS) is 14.0. The van der Waals surface area contributed by atoms with Crippen LogP contribution in [0, 0.1) is 0 Å². The number of carbonyl (C=O) groups is 1. The fourth-order valence-electron chi connectivity index (χ4n) is 1.23. The van der Waals surface area contributed by atoms with Crippen LogP contribution >= 0.6 is 23.2 Å². The molecule has 0 aliphatic rings. The molecule has 0 spiro atoms. The second-order valence-corrected chi connectivity index (χ2v) is 6.45. The Kier molecular flexibility index (Phi) is 5.44. The van der Waals surface area contributed by atoms with Crippen molar-refractivity contribution in [3.05, 3.63) is 27.7 Å². The van der Waals surface area contributed by atoms with E-state index in [9.17, 15) is 14.1 Å². The summed E-state index contributed by atoms with van der Waals surface area (Å²) in [6.07, 6.45) is 1.56. The van der Waals surface area contributed by atoms with Crippen LogP contribution in [0.15, 0.2) is 12.1 Å². The van der Waals surface area contributed by atoms with Crippen LogP contribution in [-0.4, -0.2) is 33.3 Å². The molecule has 0 heterocycles. The topological polar surface area (TPSA) is 66.4 Å². The third-order valence-electron chi connectivity index (χ3n) is 2.38. The van der Waals surface area contributed by atoms with Crippen molar-refractivity contribution in [3.63, 3.8) is 0 Å². The zero-order chi connectivity index (χ0) is 13.9. The van der Waals surface area contributed by atoms with Crippen LogP contribution in [0.5, 0.6) is 5.75 Å². The van der Waals surface area contributed by atoms with Crippen molar-refractivity contribution in [2.75, 3.05) is 12.8 Å². The fraction of sp³-hybridized carbons (Fsp3) is 0.364.